The highest BCUT2D eigenvalue weighted by molar-refractivity contribution is 6.00. The fourth-order valence-electron chi connectivity index (χ4n) is 3.04. The Morgan fingerprint density at radius 3 is 2.87 bits per heavy atom. The van der Waals surface area contributed by atoms with Crippen molar-refractivity contribution in [3.05, 3.63) is 47.8 Å². The highest BCUT2D eigenvalue weighted by atomic mass is 16.1. The standard InChI is InChI=1S/C18H24N4O/c1-15-6-7-17(21-10-2-3-11-21)16(14-15)18(23)19-8-4-12-22-13-5-9-20-22/h5-7,9,13-14H,2-4,8,10-12H2,1H3,(H,19,23). The fraction of sp³-hybridized carbons (Fsp3) is 0.444. The molecule has 1 aromatic carbocycles. The monoisotopic (exact) mass is 312 g/mol. The molecule has 0 bridgehead atoms. The minimum atomic E-state index is 0.0241. The zero-order chi connectivity index (χ0) is 16.1. The minimum absolute atomic E-state index is 0.0241. The number of hydrogen-bond acceptors (Lipinski definition) is 3. The van der Waals surface area contributed by atoms with Gasteiger partial charge in [0.05, 0.1) is 5.56 Å². The van der Waals surface area contributed by atoms with Crippen LogP contribution in [0, 0.1) is 6.92 Å². The smallest absolute Gasteiger partial charge is 0.253 e. The summed E-state index contributed by atoms with van der Waals surface area (Å²) in [6.07, 6.45) is 7.00. The van der Waals surface area contributed by atoms with Gasteiger partial charge in [-0.1, -0.05) is 11.6 Å². The van der Waals surface area contributed by atoms with Crippen LogP contribution in [-0.4, -0.2) is 35.3 Å². The number of nitrogens with zero attached hydrogens (tertiary/aromatic N) is 3. The molecule has 3 rings (SSSR count). The first kappa shape index (κ1) is 15.6. The van der Waals surface area contributed by atoms with Crippen LogP contribution < -0.4 is 10.2 Å². The van der Waals surface area contributed by atoms with Gasteiger partial charge in [0, 0.05) is 44.3 Å². The molecule has 5 heteroatoms. The number of carbonyl (C=O) groups excluding carboxylic acids is 1. The Bertz CT molecular complexity index is 645. The Kier molecular flexibility index (Phi) is 4.95. The molecule has 0 atom stereocenters. The zero-order valence-electron chi connectivity index (χ0n) is 13.7. The van der Waals surface area contributed by atoms with Crippen LogP contribution in [0.1, 0.15) is 35.2 Å². The predicted octanol–water partition coefficient (Wildman–Crippen LogP) is 2.61. The molecule has 0 saturated carbocycles. The Morgan fingerprint density at radius 2 is 2.13 bits per heavy atom. The average molecular weight is 312 g/mol. The van der Waals surface area contributed by atoms with Crippen molar-refractivity contribution in [2.24, 2.45) is 0 Å². The summed E-state index contributed by atoms with van der Waals surface area (Å²) in [4.78, 5) is 14.9. The van der Waals surface area contributed by atoms with Gasteiger partial charge in [-0.2, -0.15) is 5.10 Å². The number of carbonyl (C=O) groups is 1. The summed E-state index contributed by atoms with van der Waals surface area (Å²) in [5.74, 6) is 0.0241. The van der Waals surface area contributed by atoms with Crippen molar-refractivity contribution in [2.75, 3.05) is 24.5 Å². The molecule has 0 unspecified atom stereocenters. The number of aromatic nitrogens is 2. The summed E-state index contributed by atoms with van der Waals surface area (Å²) < 4.78 is 1.88. The van der Waals surface area contributed by atoms with Gasteiger partial charge in [0.25, 0.3) is 5.91 Å². The molecule has 0 spiro atoms. The number of aryl methyl sites for hydroxylation is 2. The van der Waals surface area contributed by atoms with Crippen LogP contribution >= 0.6 is 0 Å². The third-order valence-corrected chi connectivity index (χ3v) is 4.25. The summed E-state index contributed by atoms with van der Waals surface area (Å²) in [6, 6.07) is 8.07. The molecule has 1 saturated heterocycles. The van der Waals surface area contributed by atoms with E-state index in [0.717, 1.165) is 42.9 Å². The zero-order valence-corrected chi connectivity index (χ0v) is 13.7. The summed E-state index contributed by atoms with van der Waals surface area (Å²) in [5, 5.41) is 7.21. The van der Waals surface area contributed by atoms with E-state index in [2.05, 4.69) is 27.4 Å². The lowest BCUT2D eigenvalue weighted by Gasteiger charge is -2.21. The average Bonchev–Trinajstić information content (AvgIpc) is 3.24. The summed E-state index contributed by atoms with van der Waals surface area (Å²) >= 11 is 0. The van der Waals surface area contributed by atoms with Gasteiger partial charge in [-0.05, 0) is 44.4 Å². The molecule has 0 radical (unpaired) electrons. The second-order valence-electron chi connectivity index (χ2n) is 6.09. The Labute approximate surface area is 137 Å². The fourth-order valence-corrected chi connectivity index (χ4v) is 3.04. The van der Waals surface area contributed by atoms with Crippen LogP contribution in [0.25, 0.3) is 0 Å². The maximum atomic E-state index is 12.6. The molecule has 5 nitrogen and oxygen atoms in total. The largest absolute Gasteiger partial charge is 0.371 e. The molecule has 2 heterocycles. The Morgan fingerprint density at radius 1 is 1.30 bits per heavy atom. The number of amides is 1. The first-order valence-electron chi connectivity index (χ1n) is 8.35. The number of anilines is 1. The molecular weight excluding hydrogens is 288 g/mol. The van der Waals surface area contributed by atoms with Gasteiger partial charge in [-0.3, -0.25) is 9.48 Å². The molecule has 1 N–H and O–H groups in total. The lowest BCUT2D eigenvalue weighted by atomic mass is 10.1. The van der Waals surface area contributed by atoms with E-state index in [0.29, 0.717) is 6.54 Å². The predicted molar refractivity (Wildman–Crippen MR) is 91.8 cm³/mol. The van der Waals surface area contributed by atoms with Gasteiger partial charge in [0.15, 0.2) is 0 Å². The van der Waals surface area contributed by atoms with Crippen LogP contribution in [-0.2, 0) is 6.54 Å². The van der Waals surface area contributed by atoms with E-state index in [-0.39, 0.29) is 5.91 Å². The maximum Gasteiger partial charge on any atom is 0.253 e. The van der Waals surface area contributed by atoms with E-state index in [1.807, 2.05) is 29.9 Å². The second-order valence-corrected chi connectivity index (χ2v) is 6.09. The van der Waals surface area contributed by atoms with Crippen molar-refractivity contribution >= 4 is 11.6 Å². The van der Waals surface area contributed by atoms with Crippen molar-refractivity contribution in [1.29, 1.82) is 0 Å². The highest BCUT2D eigenvalue weighted by Gasteiger charge is 2.19. The lowest BCUT2D eigenvalue weighted by Crippen LogP contribution is -2.28. The third kappa shape index (κ3) is 3.92. The van der Waals surface area contributed by atoms with Gasteiger partial charge in [-0.15, -0.1) is 0 Å². The van der Waals surface area contributed by atoms with Crippen molar-refractivity contribution in [3.8, 4) is 0 Å². The summed E-state index contributed by atoms with van der Waals surface area (Å²) in [7, 11) is 0. The molecule has 1 aromatic heterocycles. The van der Waals surface area contributed by atoms with Crippen molar-refractivity contribution < 1.29 is 4.79 Å². The normalized spacial score (nSPS) is 14.2. The first-order chi connectivity index (χ1) is 11.2. The molecule has 0 aliphatic carbocycles. The molecule has 23 heavy (non-hydrogen) atoms. The van der Waals surface area contributed by atoms with Crippen molar-refractivity contribution in [2.45, 2.75) is 32.7 Å². The number of rotatable bonds is 6. The SMILES string of the molecule is Cc1ccc(N2CCCC2)c(C(=O)NCCCn2cccn2)c1. The van der Waals surface area contributed by atoms with Crippen LogP contribution in [0.5, 0.6) is 0 Å². The van der Waals surface area contributed by atoms with Gasteiger partial charge in [0.1, 0.15) is 0 Å². The van der Waals surface area contributed by atoms with E-state index >= 15 is 0 Å². The van der Waals surface area contributed by atoms with E-state index in [1.54, 1.807) is 6.20 Å². The van der Waals surface area contributed by atoms with E-state index in [4.69, 9.17) is 0 Å². The molecule has 1 aliphatic rings. The topological polar surface area (TPSA) is 50.2 Å². The van der Waals surface area contributed by atoms with Crippen molar-refractivity contribution in [1.82, 2.24) is 15.1 Å². The van der Waals surface area contributed by atoms with Gasteiger partial charge in [0.2, 0.25) is 0 Å². The maximum absolute atomic E-state index is 12.6. The molecule has 1 aliphatic heterocycles. The first-order valence-corrected chi connectivity index (χ1v) is 8.35. The lowest BCUT2D eigenvalue weighted by molar-refractivity contribution is 0.0953. The number of benzene rings is 1. The summed E-state index contributed by atoms with van der Waals surface area (Å²) in [6.45, 7) is 5.60. The number of hydrogen-bond donors (Lipinski definition) is 1. The van der Waals surface area contributed by atoms with Crippen LogP contribution in [0.2, 0.25) is 0 Å². The second kappa shape index (κ2) is 7.31. The number of nitrogens with one attached hydrogen (secondary N) is 1. The van der Waals surface area contributed by atoms with Crippen LogP contribution in [0.3, 0.4) is 0 Å². The third-order valence-electron chi connectivity index (χ3n) is 4.25. The van der Waals surface area contributed by atoms with Crippen molar-refractivity contribution in [3.63, 3.8) is 0 Å². The van der Waals surface area contributed by atoms with Crippen LogP contribution in [0.4, 0.5) is 5.69 Å². The Balaban J connectivity index is 1.60. The van der Waals surface area contributed by atoms with E-state index in [1.165, 1.54) is 12.8 Å². The highest BCUT2D eigenvalue weighted by Crippen LogP contribution is 2.25. The Hall–Kier alpha value is -2.30. The summed E-state index contributed by atoms with van der Waals surface area (Å²) in [5.41, 5.74) is 2.98. The van der Waals surface area contributed by atoms with E-state index in [9.17, 15) is 4.79 Å². The van der Waals surface area contributed by atoms with Gasteiger partial charge >= 0.3 is 0 Å². The van der Waals surface area contributed by atoms with Crippen LogP contribution in [0.15, 0.2) is 36.7 Å². The molecular formula is C18H24N4O. The molecule has 1 amide bonds. The minimum Gasteiger partial charge on any atom is -0.371 e. The molecule has 1 fully saturated rings. The molecule has 122 valence electrons. The van der Waals surface area contributed by atoms with Gasteiger partial charge < -0.3 is 10.2 Å². The van der Waals surface area contributed by atoms with Gasteiger partial charge in [-0.25, -0.2) is 0 Å². The quantitative estimate of drug-likeness (QED) is 0.834. The van der Waals surface area contributed by atoms with E-state index < -0.39 is 0 Å². The molecule has 2 aromatic rings.